The molecule has 6 nitrogen and oxygen atoms in total. The highest BCUT2D eigenvalue weighted by atomic mass is 16.5. The highest BCUT2D eigenvalue weighted by molar-refractivity contribution is 5.94. The lowest BCUT2D eigenvalue weighted by Crippen LogP contribution is -2.09. The quantitative estimate of drug-likeness (QED) is 0.842. The number of carbonyl (C=O) groups is 1. The van der Waals surface area contributed by atoms with Crippen molar-refractivity contribution in [1.29, 1.82) is 0 Å². The summed E-state index contributed by atoms with van der Waals surface area (Å²) < 4.78 is 5.90. The number of fused-ring (bicyclic) bond motifs is 1. The van der Waals surface area contributed by atoms with Crippen molar-refractivity contribution in [2.75, 3.05) is 19.0 Å². The van der Waals surface area contributed by atoms with Crippen LogP contribution in [-0.4, -0.2) is 25.2 Å². The summed E-state index contributed by atoms with van der Waals surface area (Å²) in [5, 5.41) is 11.9. The SMILES string of the molecule is CN(C)c1ccc2c(c1)O/C(=C/c1ccc(N=O)c(C(=O)O)c1)C=C2. The Morgan fingerprint density at radius 3 is 2.64 bits per heavy atom. The number of aromatic carboxylic acids is 1. The highest BCUT2D eigenvalue weighted by Crippen LogP contribution is 2.32. The fraction of sp³-hybridized carbons (Fsp3) is 0.105. The standard InChI is InChI=1S/C19H16N2O4/c1-21(2)14-6-4-13-5-7-15(25-18(13)11-14)9-12-3-8-17(20-24)16(10-12)19(22)23/h3-11H,1-2H3,(H,22,23)/b15-9+. The summed E-state index contributed by atoms with van der Waals surface area (Å²) in [4.78, 5) is 23.9. The second-order valence-corrected chi connectivity index (χ2v) is 5.77. The lowest BCUT2D eigenvalue weighted by atomic mass is 10.1. The van der Waals surface area contributed by atoms with E-state index in [-0.39, 0.29) is 11.3 Å². The monoisotopic (exact) mass is 336 g/mol. The number of allylic oxidation sites excluding steroid dienone is 1. The van der Waals surface area contributed by atoms with Gasteiger partial charge < -0.3 is 14.7 Å². The van der Waals surface area contributed by atoms with Crippen molar-refractivity contribution in [2.24, 2.45) is 5.18 Å². The summed E-state index contributed by atoms with van der Waals surface area (Å²) in [7, 11) is 3.90. The summed E-state index contributed by atoms with van der Waals surface area (Å²) in [5.41, 5.74) is 2.35. The summed E-state index contributed by atoms with van der Waals surface area (Å²) in [6.45, 7) is 0. The fourth-order valence-corrected chi connectivity index (χ4v) is 2.50. The number of ether oxygens (including phenoxy) is 1. The van der Waals surface area contributed by atoms with Crippen LogP contribution in [0, 0.1) is 4.91 Å². The summed E-state index contributed by atoms with van der Waals surface area (Å²) >= 11 is 0. The predicted octanol–water partition coefficient (Wildman–Crippen LogP) is 4.30. The van der Waals surface area contributed by atoms with Gasteiger partial charge in [-0.25, -0.2) is 4.79 Å². The molecule has 1 heterocycles. The van der Waals surface area contributed by atoms with Crippen molar-refractivity contribution in [2.45, 2.75) is 0 Å². The molecule has 2 aromatic rings. The molecule has 0 aromatic heterocycles. The third-order valence-corrected chi connectivity index (χ3v) is 3.83. The smallest absolute Gasteiger partial charge is 0.338 e. The van der Waals surface area contributed by atoms with E-state index in [1.807, 2.05) is 49.3 Å². The number of nitroso groups, excluding NO2 is 1. The van der Waals surface area contributed by atoms with Crippen LogP contribution in [0.1, 0.15) is 21.5 Å². The summed E-state index contributed by atoms with van der Waals surface area (Å²) in [6.07, 6.45) is 5.45. The van der Waals surface area contributed by atoms with Gasteiger partial charge in [0, 0.05) is 31.4 Å². The lowest BCUT2D eigenvalue weighted by molar-refractivity contribution is 0.0697. The average Bonchev–Trinajstić information content (AvgIpc) is 2.60. The molecule has 0 saturated carbocycles. The van der Waals surface area contributed by atoms with Gasteiger partial charge in [-0.15, -0.1) is 4.91 Å². The average molecular weight is 336 g/mol. The van der Waals surface area contributed by atoms with Gasteiger partial charge in [0.1, 0.15) is 17.2 Å². The Labute approximate surface area is 144 Å². The molecule has 6 heteroatoms. The van der Waals surface area contributed by atoms with Crippen molar-refractivity contribution in [3.05, 3.63) is 69.8 Å². The van der Waals surface area contributed by atoms with Gasteiger partial charge in [-0.05, 0) is 53.2 Å². The predicted molar refractivity (Wildman–Crippen MR) is 97.3 cm³/mol. The van der Waals surface area contributed by atoms with Gasteiger partial charge in [0.2, 0.25) is 0 Å². The Bertz CT molecular complexity index is 914. The van der Waals surface area contributed by atoms with Crippen LogP contribution in [0.2, 0.25) is 0 Å². The molecule has 0 unspecified atom stereocenters. The number of carboxylic acid groups (broad SMARTS) is 1. The molecule has 1 aliphatic heterocycles. The lowest BCUT2D eigenvalue weighted by Gasteiger charge is -2.19. The van der Waals surface area contributed by atoms with Crippen LogP contribution in [0.5, 0.6) is 5.75 Å². The van der Waals surface area contributed by atoms with Crippen LogP contribution >= 0.6 is 0 Å². The normalized spacial score (nSPS) is 13.9. The molecule has 0 atom stereocenters. The Morgan fingerprint density at radius 1 is 1.16 bits per heavy atom. The van der Waals surface area contributed by atoms with E-state index in [0.717, 1.165) is 17.0 Å². The van der Waals surface area contributed by atoms with E-state index in [9.17, 15) is 14.8 Å². The van der Waals surface area contributed by atoms with E-state index in [1.165, 1.54) is 12.1 Å². The second-order valence-electron chi connectivity index (χ2n) is 5.77. The Hall–Kier alpha value is -3.41. The van der Waals surface area contributed by atoms with Gasteiger partial charge in [0.05, 0.1) is 5.56 Å². The molecule has 0 amide bonds. The number of hydrogen-bond donors (Lipinski definition) is 1. The fourth-order valence-electron chi connectivity index (χ4n) is 2.50. The third kappa shape index (κ3) is 3.42. The maximum atomic E-state index is 11.2. The minimum Gasteiger partial charge on any atom is -0.478 e. The van der Waals surface area contributed by atoms with Gasteiger partial charge in [0.15, 0.2) is 0 Å². The second kappa shape index (κ2) is 6.60. The van der Waals surface area contributed by atoms with Gasteiger partial charge in [-0.2, -0.15) is 0 Å². The highest BCUT2D eigenvalue weighted by Gasteiger charge is 2.13. The van der Waals surface area contributed by atoms with E-state index < -0.39 is 5.97 Å². The Kier molecular flexibility index (Phi) is 4.35. The zero-order valence-corrected chi connectivity index (χ0v) is 13.8. The molecule has 0 bridgehead atoms. The number of nitrogens with zero attached hydrogens (tertiary/aromatic N) is 2. The molecule has 25 heavy (non-hydrogen) atoms. The molecule has 0 radical (unpaired) electrons. The first-order valence-electron chi connectivity index (χ1n) is 7.57. The van der Waals surface area contributed by atoms with Gasteiger partial charge >= 0.3 is 5.97 Å². The van der Waals surface area contributed by atoms with E-state index in [2.05, 4.69) is 5.18 Å². The summed E-state index contributed by atoms with van der Waals surface area (Å²) in [5.74, 6) is 0.104. The zero-order valence-electron chi connectivity index (χ0n) is 13.8. The molecule has 1 N–H and O–H groups in total. The van der Waals surface area contributed by atoms with E-state index in [0.29, 0.717) is 11.3 Å². The van der Waals surface area contributed by atoms with Gasteiger partial charge in [-0.3, -0.25) is 0 Å². The number of rotatable bonds is 4. The first-order chi connectivity index (χ1) is 12.0. The van der Waals surface area contributed by atoms with Crippen molar-refractivity contribution in [3.8, 4) is 5.75 Å². The Balaban J connectivity index is 1.94. The molecule has 0 spiro atoms. The molecule has 3 rings (SSSR count). The Morgan fingerprint density at radius 2 is 1.96 bits per heavy atom. The van der Waals surface area contributed by atoms with Gasteiger partial charge in [0.25, 0.3) is 0 Å². The molecule has 0 fully saturated rings. The van der Waals surface area contributed by atoms with Crippen LogP contribution in [0.25, 0.3) is 12.2 Å². The molecular weight excluding hydrogens is 320 g/mol. The molecule has 0 aliphatic carbocycles. The van der Waals surface area contributed by atoms with Crippen LogP contribution < -0.4 is 9.64 Å². The topological polar surface area (TPSA) is 79.2 Å². The van der Waals surface area contributed by atoms with Gasteiger partial charge in [-0.1, -0.05) is 6.07 Å². The molecule has 2 aromatic carbocycles. The van der Waals surface area contributed by atoms with Crippen LogP contribution in [0.3, 0.4) is 0 Å². The molecule has 0 saturated heterocycles. The zero-order chi connectivity index (χ0) is 18.0. The third-order valence-electron chi connectivity index (χ3n) is 3.83. The van der Waals surface area contributed by atoms with Crippen molar-refractivity contribution < 1.29 is 14.6 Å². The van der Waals surface area contributed by atoms with Crippen LogP contribution in [0.15, 0.2) is 53.4 Å². The molecule has 1 aliphatic rings. The number of carboxylic acids is 1. The largest absolute Gasteiger partial charge is 0.478 e. The minimum absolute atomic E-state index is 0.101. The first kappa shape index (κ1) is 16.4. The van der Waals surface area contributed by atoms with E-state index in [1.54, 1.807) is 12.1 Å². The van der Waals surface area contributed by atoms with Crippen LogP contribution in [0.4, 0.5) is 11.4 Å². The first-order valence-corrected chi connectivity index (χ1v) is 7.57. The van der Waals surface area contributed by atoms with E-state index in [4.69, 9.17) is 4.74 Å². The maximum absolute atomic E-state index is 11.2. The molecule has 126 valence electrons. The van der Waals surface area contributed by atoms with Crippen molar-refractivity contribution in [3.63, 3.8) is 0 Å². The van der Waals surface area contributed by atoms with Crippen molar-refractivity contribution in [1.82, 2.24) is 0 Å². The number of benzene rings is 2. The number of hydrogen-bond acceptors (Lipinski definition) is 5. The maximum Gasteiger partial charge on any atom is 0.338 e. The van der Waals surface area contributed by atoms with Crippen molar-refractivity contribution >= 4 is 29.5 Å². The molecular formula is C19H16N2O4. The van der Waals surface area contributed by atoms with E-state index >= 15 is 0 Å². The minimum atomic E-state index is -1.20. The van der Waals surface area contributed by atoms with Crippen LogP contribution in [-0.2, 0) is 0 Å². The summed E-state index contributed by atoms with van der Waals surface area (Å²) in [6, 6.07) is 10.3. The number of anilines is 1.